The first kappa shape index (κ1) is 9.73. The molecule has 0 amide bonds. The largest absolute Gasteiger partial charge is 0.454 e. The number of carbonyl (C=O) groups is 1. The Labute approximate surface area is 97.6 Å². The standard InChI is InChI=1S/C12H9ClO3/c13-8-2-3-9(14)12(8)7-1-4-10-11(5-7)16-6-15-10/h1,4-5H,2-3,6H2. The highest BCUT2D eigenvalue weighted by Gasteiger charge is 2.24. The summed E-state index contributed by atoms with van der Waals surface area (Å²) in [5.74, 6) is 1.49. The van der Waals surface area contributed by atoms with Crippen LogP contribution in [-0.4, -0.2) is 12.6 Å². The van der Waals surface area contributed by atoms with Gasteiger partial charge in [-0.15, -0.1) is 0 Å². The molecule has 0 unspecified atom stereocenters. The van der Waals surface area contributed by atoms with E-state index in [2.05, 4.69) is 0 Å². The molecule has 0 N–H and O–H groups in total. The average molecular weight is 237 g/mol. The topological polar surface area (TPSA) is 35.5 Å². The van der Waals surface area contributed by atoms with Gasteiger partial charge in [0.05, 0.1) is 0 Å². The maximum absolute atomic E-state index is 11.7. The number of halogens is 1. The second-order valence-electron chi connectivity index (χ2n) is 3.77. The van der Waals surface area contributed by atoms with Crippen LogP contribution in [0.25, 0.3) is 5.57 Å². The van der Waals surface area contributed by atoms with Gasteiger partial charge in [-0.2, -0.15) is 0 Å². The Hall–Kier alpha value is -1.48. The van der Waals surface area contributed by atoms with E-state index in [-0.39, 0.29) is 12.6 Å². The molecule has 3 nitrogen and oxygen atoms in total. The van der Waals surface area contributed by atoms with Gasteiger partial charge in [0.25, 0.3) is 0 Å². The third-order valence-electron chi connectivity index (χ3n) is 2.78. The van der Waals surface area contributed by atoms with Gasteiger partial charge in [-0.3, -0.25) is 4.79 Å². The third-order valence-corrected chi connectivity index (χ3v) is 3.16. The summed E-state index contributed by atoms with van der Waals surface area (Å²) in [6.07, 6.45) is 1.15. The zero-order chi connectivity index (χ0) is 11.1. The highest BCUT2D eigenvalue weighted by Crippen LogP contribution is 2.39. The summed E-state index contributed by atoms with van der Waals surface area (Å²) >= 11 is 6.05. The number of allylic oxidation sites excluding steroid dienone is 2. The minimum absolute atomic E-state index is 0.101. The van der Waals surface area contributed by atoms with Gasteiger partial charge in [0.2, 0.25) is 6.79 Å². The smallest absolute Gasteiger partial charge is 0.231 e. The van der Waals surface area contributed by atoms with Crippen LogP contribution in [0.4, 0.5) is 0 Å². The Kier molecular flexibility index (Phi) is 2.14. The summed E-state index contributed by atoms with van der Waals surface area (Å²) in [4.78, 5) is 11.7. The summed E-state index contributed by atoms with van der Waals surface area (Å²) < 4.78 is 10.5. The maximum atomic E-state index is 11.7. The molecule has 0 saturated carbocycles. The molecule has 0 radical (unpaired) electrons. The van der Waals surface area contributed by atoms with Crippen LogP contribution in [0.1, 0.15) is 18.4 Å². The number of Topliss-reactive ketones (excluding diaryl/α,β-unsaturated/α-hetero) is 1. The first-order valence-electron chi connectivity index (χ1n) is 5.07. The van der Waals surface area contributed by atoms with Gasteiger partial charge in [0, 0.05) is 17.0 Å². The van der Waals surface area contributed by atoms with Crippen LogP contribution in [0, 0.1) is 0 Å². The van der Waals surface area contributed by atoms with Gasteiger partial charge in [-0.25, -0.2) is 0 Å². The highest BCUT2D eigenvalue weighted by atomic mass is 35.5. The molecule has 1 aromatic rings. The SMILES string of the molecule is O=C1CCC(Cl)=C1c1ccc2c(c1)OCO2. The lowest BCUT2D eigenvalue weighted by Gasteiger charge is -2.03. The number of rotatable bonds is 1. The van der Waals surface area contributed by atoms with Crippen molar-refractivity contribution in [2.45, 2.75) is 12.8 Å². The summed E-state index contributed by atoms with van der Waals surface area (Å²) in [6.45, 7) is 0.236. The molecule has 16 heavy (non-hydrogen) atoms. The Balaban J connectivity index is 2.08. The minimum atomic E-state index is 0.101. The molecular weight excluding hydrogens is 228 g/mol. The van der Waals surface area contributed by atoms with Crippen molar-refractivity contribution >= 4 is 23.0 Å². The fourth-order valence-corrected chi connectivity index (χ4v) is 2.30. The van der Waals surface area contributed by atoms with Crippen molar-refractivity contribution in [3.63, 3.8) is 0 Å². The van der Waals surface area contributed by atoms with E-state index >= 15 is 0 Å². The Bertz CT molecular complexity index is 505. The molecular formula is C12H9ClO3. The van der Waals surface area contributed by atoms with E-state index < -0.39 is 0 Å². The van der Waals surface area contributed by atoms with E-state index in [1.165, 1.54) is 0 Å². The molecule has 0 atom stereocenters. The van der Waals surface area contributed by atoms with E-state index in [9.17, 15) is 4.79 Å². The predicted molar refractivity (Wildman–Crippen MR) is 59.6 cm³/mol. The van der Waals surface area contributed by atoms with E-state index in [0.717, 1.165) is 5.56 Å². The molecule has 1 aromatic carbocycles. The van der Waals surface area contributed by atoms with Crippen LogP contribution >= 0.6 is 11.6 Å². The molecule has 1 heterocycles. The van der Waals surface area contributed by atoms with E-state index in [0.29, 0.717) is 34.9 Å². The molecule has 2 aliphatic rings. The lowest BCUT2D eigenvalue weighted by atomic mass is 10.0. The van der Waals surface area contributed by atoms with Gasteiger partial charge in [0.15, 0.2) is 17.3 Å². The first-order chi connectivity index (χ1) is 7.75. The van der Waals surface area contributed by atoms with E-state index in [1.807, 2.05) is 12.1 Å². The maximum Gasteiger partial charge on any atom is 0.231 e. The van der Waals surface area contributed by atoms with Crippen molar-refractivity contribution in [2.75, 3.05) is 6.79 Å². The van der Waals surface area contributed by atoms with Crippen LogP contribution < -0.4 is 9.47 Å². The molecule has 1 aliphatic carbocycles. The molecule has 4 heteroatoms. The fraction of sp³-hybridized carbons (Fsp3) is 0.250. The number of hydrogen-bond acceptors (Lipinski definition) is 3. The van der Waals surface area contributed by atoms with Crippen LogP contribution in [0.5, 0.6) is 11.5 Å². The Morgan fingerprint density at radius 1 is 1.12 bits per heavy atom. The molecule has 0 fully saturated rings. The van der Waals surface area contributed by atoms with Crippen molar-refractivity contribution < 1.29 is 14.3 Å². The van der Waals surface area contributed by atoms with Gasteiger partial charge in [0.1, 0.15) is 0 Å². The third kappa shape index (κ3) is 1.39. The molecule has 0 aromatic heterocycles. The van der Waals surface area contributed by atoms with Crippen LogP contribution in [-0.2, 0) is 4.79 Å². The number of carbonyl (C=O) groups excluding carboxylic acids is 1. The summed E-state index contributed by atoms with van der Waals surface area (Å²) in [7, 11) is 0. The van der Waals surface area contributed by atoms with Crippen molar-refractivity contribution in [2.24, 2.45) is 0 Å². The Morgan fingerprint density at radius 3 is 2.69 bits per heavy atom. The number of hydrogen-bond donors (Lipinski definition) is 0. The van der Waals surface area contributed by atoms with Gasteiger partial charge >= 0.3 is 0 Å². The van der Waals surface area contributed by atoms with Crippen LogP contribution in [0.3, 0.4) is 0 Å². The lowest BCUT2D eigenvalue weighted by Crippen LogP contribution is -1.95. The van der Waals surface area contributed by atoms with Gasteiger partial charge < -0.3 is 9.47 Å². The second-order valence-corrected chi connectivity index (χ2v) is 4.23. The quantitative estimate of drug-likeness (QED) is 0.752. The molecule has 0 spiro atoms. The van der Waals surface area contributed by atoms with Crippen LogP contribution in [0.2, 0.25) is 0 Å². The number of ketones is 1. The summed E-state index contributed by atoms with van der Waals surface area (Å²) in [5, 5.41) is 0.642. The zero-order valence-corrected chi connectivity index (χ0v) is 9.21. The minimum Gasteiger partial charge on any atom is -0.454 e. The number of fused-ring (bicyclic) bond motifs is 1. The molecule has 0 saturated heterocycles. The van der Waals surface area contributed by atoms with Crippen molar-refractivity contribution in [1.29, 1.82) is 0 Å². The van der Waals surface area contributed by atoms with E-state index in [1.54, 1.807) is 6.07 Å². The fourth-order valence-electron chi connectivity index (χ4n) is 1.99. The van der Waals surface area contributed by atoms with Crippen molar-refractivity contribution in [3.05, 3.63) is 28.8 Å². The summed E-state index contributed by atoms with van der Waals surface area (Å²) in [5.41, 5.74) is 1.44. The molecule has 1 aliphatic heterocycles. The van der Waals surface area contributed by atoms with Crippen molar-refractivity contribution in [3.8, 4) is 11.5 Å². The average Bonchev–Trinajstić information content (AvgIpc) is 2.85. The number of benzene rings is 1. The predicted octanol–water partition coefficient (Wildman–Crippen LogP) is 2.73. The van der Waals surface area contributed by atoms with Gasteiger partial charge in [-0.05, 0) is 24.1 Å². The van der Waals surface area contributed by atoms with E-state index in [4.69, 9.17) is 21.1 Å². The highest BCUT2D eigenvalue weighted by molar-refractivity contribution is 6.41. The zero-order valence-electron chi connectivity index (χ0n) is 8.46. The summed E-state index contributed by atoms with van der Waals surface area (Å²) in [6, 6.07) is 5.46. The normalized spacial score (nSPS) is 18.4. The van der Waals surface area contributed by atoms with Gasteiger partial charge in [-0.1, -0.05) is 17.7 Å². The second kappa shape index (κ2) is 3.52. The van der Waals surface area contributed by atoms with Crippen LogP contribution in [0.15, 0.2) is 23.2 Å². The molecule has 3 rings (SSSR count). The number of ether oxygens (including phenoxy) is 2. The van der Waals surface area contributed by atoms with Crippen molar-refractivity contribution in [1.82, 2.24) is 0 Å². The first-order valence-corrected chi connectivity index (χ1v) is 5.45. The lowest BCUT2D eigenvalue weighted by molar-refractivity contribution is -0.113. The molecule has 0 bridgehead atoms. The Morgan fingerprint density at radius 2 is 1.94 bits per heavy atom. The monoisotopic (exact) mass is 236 g/mol. The molecule has 82 valence electrons.